The molecule has 100 valence electrons. The van der Waals surface area contributed by atoms with Gasteiger partial charge in [0.05, 0.1) is 11.6 Å². The lowest BCUT2D eigenvalue weighted by molar-refractivity contribution is -0.138. The summed E-state index contributed by atoms with van der Waals surface area (Å²) in [5, 5.41) is 0. The lowest BCUT2D eigenvalue weighted by Crippen LogP contribution is -2.18. The largest absolute Gasteiger partial charge is 0.416 e. The molecule has 0 saturated carbocycles. The molecule has 6 heteroatoms. The molecule has 1 unspecified atom stereocenters. The highest BCUT2D eigenvalue weighted by molar-refractivity contribution is 9.10. The number of pyridine rings is 1. The van der Waals surface area contributed by atoms with Crippen LogP contribution >= 0.6 is 15.9 Å². The van der Waals surface area contributed by atoms with Gasteiger partial charge < -0.3 is 5.73 Å². The Balaban J connectivity index is 2.51. The Labute approximate surface area is 116 Å². The topological polar surface area (TPSA) is 38.9 Å². The van der Waals surface area contributed by atoms with Crippen LogP contribution in [0.4, 0.5) is 13.2 Å². The number of alkyl halides is 3. The van der Waals surface area contributed by atoms with Crippen LogP contribution in [0, 0.1) is 0 Å². The van der Waals surface area contributed by atoms with Crippen LogP contribution in [-0.2, 0) is 6.18 Å². The van der Waals surface area contributed by atoms with Crippen LogP contribution in [0.1, 0.15) is 22.7 Å². The summed E-state index contributed by atoms with van der Waals surface area (Å²) in [6.07, 6.45) is -1.44. The lowest BCUT2D eigenvalue weighted by atomic mass is 9.96. The smallest absolute Gasteiger partial charge is 0.320 e. The van der Waals surface area contributed by atoms with E-state index in [0.29, 0.717) is 10.0 Å². The number of nitrogens with zero attached hydrogens (tertiary/aromatic N) is 1. The fourth-order valence-corrected chi connectivity index (χ4v) is 2.15. The second-order valence-electron chi connectivity index (χ2n) is 3.99. The Morgan fingerprint density at radius 2 is 1.95 bits per heavy atom. The molecule has 0 aliphatic carbocycles. The molecule has 2 rings (SSSR count). The molecule has 19 heavy (non-hydrogen) atoms. The first-order chi connectivity index (χ1) is 8.89. The summed E-state index contributed by atoms with van der Waals surface area (Å²) in [6.45, 7) is 0. The summed E-state index contributed by atoms with van der Waals surface area (Å²) in [6, 6.07) is 6.39. The summed E-state index contributed by atoms with van der Waals surface area (Å²) in [7, 11) is 0. The third-order valence-corrected chi connectivity index (χ3v) is 3.19. The van der Waals surface area contributed by atoms with Gasteiger partial charge in [-0.25, -0.2) is 0 Å². The monoisotopic (exact) mass is 330 g/mol. The van der Waals surface area contributed by atoms with Crippen molar-refractivity contribution in [3.05, 3.63) is 63.9 Å². The molecule has 1 aromatic carbocycles. The fourth-order valence-electron chi connectivity index (χ4n) is 1.78. The Morgan fingerprint density at radius 3 is 2.53 bits per heavy atom. The van der Waals surface area contributed by atoms with Crippen molar-refractivity contribution in [1.29, 1.82) is 0 Å². The van der Waals surface area contributed by atoms with Crippen molar-refractivity contribution in [3.63, 3.8) is 0 Å². The SMILES string of the molecule is NC(c1cccnc1)c1ccc(Br)cc1C(F)(F)F. The predicted molar refractivity (Wildman–Crippen MR) is 69.4 cm³/mol. The zero-order chi connectivity index (χ0) is 14.0. The molecule has 1 aromatic heterocycles. The van der Waals surface area contributed by atoms with Gasteiger partial charge in [-0.1, -0.05) is 28.1 Å². The van der Waals surface area contributed by atoms with Crippen LogP contribution in [-0.4, -0.2) is 4.98 Å². The van der Waals surface area contributed by atoms with Crippen molar-refractivity contribution in [2.45, 2.75) is 12.2 Å². The molecule has 1 atom stereocenters. The molecule has 0 radical (unpaired) electrons. The van der Waals surface area contributed by atoms with E-state index >= 15 is 0 Å². The first-order valence-electron chi connectivity index (χ1n) is 5.42. The second kappa shape index (κ2) is 5.30. The molecule has 0 bridgehead atoms. The Morgan fingerprint density at radius 1 is 1.21 bits per heavy atom. The molecule has 0 fully saturated rings. The van der Waals surface area contributed by atoms with Gasteiger partial charge in [0, 0.05) is 16.9 Å². The van der Waals surface area contributed by atoms with E-state index in [4.69, 9.17) is 5.73 Å². The standard InChI is InChI=1S/C13H10BrF3N2/c14-9-3-4-10(11(6-9)13(15,16)17)12(18)8-2-1-5-19-7-8/h1-7,12H,18H2. The number of aromatic nitrogens is 1. The maximum atomic E-state index is 13.0. The van der Waals surface area contributed by atoms with Crippen molar-refractivity contribution in [3.8, 4) is 0 Å². The number of hydrogen-bond donors (Lipinski definition) is 1. The molecule has 1 heterocycles. The molecule has 0 saturated heterocycles. The Hall–Kier alpha value is -1.40. The van der Waals surface area contributed by atoms with E-state index in [0.717, 1.165) is 6.07 Å². The van der Waals surface area contributed by atoms with Gasteiger partial charge in [-0.3, -0.25) is 4.98 Å². The van der Waals surface area contributed by atoms with Gasteiger partial charge in [-0.05, 0) is 29.3 Å². The molecular weight excluding hydrogens is 321 g/mol. The molecule has 2 aromatic rings. The molecular formula is C13H10BrF3N2. The van der Waals surface area contributed by atoms with Crippen molar-refractivity contribution >= 4 is 15.9 Å². The van der Waals surface area contributed by atoms with E-state index in [1.165, 1.54) is 12.3 Å². The molecule has 0 spiro atoms. The van der Waals surface area contributed by atoms with Crippen molar-refractivity contribution in [2.75, 3.05) is 0 Å². The zero-order valence-corrected chi connectivity index (χ0v) is 11.2. The minimum absolute atomic E-state index is 0.0312. The van der Waals surface area contributed by atoms with Crippen LogP contribution in [0.3, 0.4) is 0 Å². The highest BCUT2D eigenvalue weighted by Crippen LogP contribution is 2.37. The van der Waals surface area contributed by atoms with Crippen LogP contribution in [0.2, 0.25) is 0 Å². The predicted octanol–water partition coefficient (Wildman–Crippen LogP) is 3.91. The molecule has 2 nitrogen and oxygen atoms in total. The van der Waals surface area contributed by atoms with Gasteiger partial charge >= 0.3 is 6.18 Å². The third-order valence-electron chi connectivity index (χ3n) is 2.70. The molecule has 0 amide bonds. The maximum Gasteiger partial charge on any atom is 0.416 e. The average Bonchev–Trinajstić information content (AvgIpc) is 2.38. The number of hydrogen-bond acceptors (Lipinski definition) is 2. The van der Waals surface area contributed by atoms with Gasteiger partial charge in [0.2, 0.25) is 0 Å². The van der Waals surface area contributed by atoms with E-state index in [1.54, 1.807) is 24.4 Å². The van der Waals surface area contributed by atoms with Crippen molar-refractivity contribution in [1.82, 2.24) is 4.98 Å². The summed E-state index contributed by atoms with van der Waals surface area (Å²) >= 11 is 3.04. The maximum absolute atomic E-state index is 13.0. The Kier molecular flexibility index (Phi) is 3.91. The molecule has 2 N–H and O–H groups in total. The van der Waals surface area contributed by atoms with E-state index < -0.39 is 17.8 Å². The van der Waals surface area contributed by atoms with Gasteiger partial charge in [-0.15, -0.1) is 0 Å². The Bertz CT molecular complexity index is 570. The van der Waals surface area contributed by atoms with Gasteiger partial charge in [0.15, 0.2) is 0 Å². The summed E-state index contributed by atoms with van der Waals surface area (Å²) in [5.74, 6) is 0. The van der Waals surface area contributed by atoms with Gasteiger partial charge in [0.1, 0.15) is 0 Å². The summed E-state index contributed by atoms with van der Waals surface area (Å²) in [4.78, 5) is 3.87. The first-order valence-corrected chi connectivity index (χ1v) is 6.21. The first kappa shape index (κ1) is 14.0. The minimum atomic E-state index is -4.45. The summed E-state index contributed by atoms with van der Waals surface area (Å²) < 4.78 is 39.4. The molecule has 0 aliphatic heterocycles. The van der Waals surface area contributed by atoms with Crippen LogP contribution < -0.4 is 5.73 Å². The average molecular weight is 331 g/mol. The van der Waals surface area contributed by atoms with E-state index in [9.17, 15) is 13.2 Å². The number of benzene rings is 1. The number of rotatable bonds is 2. The number of halogens is 4. The lowest BCUT2D eigenvalue weighted by Gasteiger charge is -2.18. The minimum Gasteiger partial charge on any atom is -0.320 e. The van der Waals surface area contributed by atoms with Gasteiger partial charge in [0.25, 0.3) is 0 Å². The van der Waals surface area contributed by atoms with E-state index in [2.05, 4.69) is 20.9 Å². The fraction of sp³-hybridized carbons (Fsp3) is 0.154. The van der Waals surface area contributed by atoms with Gasteiger partial charge in [-0.2, -0.15) is 13.2 Å². The third kappa shape index (κ3) is 3.13. The van der Waals surface area contributed by atoms with Crippen LogP contribution in [0.5, 0.6) is 0 Å². The summed E-state index contributed by atoms with van der Waals surface area (Å²) in [5.41, 5.74) is 5.74. The van der Waals surface area contributed by atoms with Crippen molar-refractivity contribution in [2.24, 2.45) is 5.73 Å². The second-order valence-corrected chi connectivity index (χ2v) is 4.91. The highest BCUT2D eigenvalue weighted by Gasteiger charge is 2.35. The quantitative estimate of drug-likeness (QED) is 0.906. The number of nitrogens with two attached hydrogens (primary N) is 1. The van der Waals surface area contributed by atoms with Crippen LogP contribution in [0.15, 0.2) is 47.2 Å². The normalized spacial score (nSPS) is 13.3. The van der Waals surface area contributed by atoms with Crippen LogP contribution in [0.25, 0.3) is 0 Å². The zero-order valence-electron chi connectivity index (χ0n) is 9.66. The molecule has 0 aliphatic rings. The van der Waals surface area contributed by atoms with E-state index in [1.807, 2.05) is 0 Å². The van der Waals surface area contributed by atoms with Crippen molar-refractivity contribution < 1.29 is 13.2 Å². The highest BCUT2D eigenvalue weighted by atomic mass is 79.9. The van der Waals surface area contributed by atoms with E-state index in [-0.39, 0.29) is 5.56 Å².